The molecule has 2 amide bonds. The van der Waals surface area contributed by atoms with Crippen molar-refractivity contribution in [2.75, 3.05) is 5.32 Å². The summed E-state index contributed by atoms with van der Waals surface area (Å²) in [4.78, 5) is 42.5. The summed E-state index contributed by atoms with van der Waals surface area (Å²) in [6.07, 6.45) is 0. The van der Waals surface area contributed by atoms with Gasteiger partial charge in [0.25, 0.3) is 0 Å². The van der Waals surface area contributed by atoms with E-state index in [0.717, 1.165) is 5.56 Å². The first-order chi connectivity index (χ1) is 18.5. The molecule has 5 rings (SSSR count). The van der Waals surface area contributed by atoms with Crippen LogP contribution in [-0.4, -0.2) is 33.8 Å². The summed E-state index contributed by atoms with van der Waals surface area (Å²) in [7, 11) is 0. The highest BCUT2D eigenvalue weighted by Crippen LogP contribution is 2.51. The molecular weight excluding hydrogens is 476 g/mol. The Morgan fingerprint density at radius 2 is 1.32 bits per heavy atom. The summed E-state index contributed by atoms with van der Waals surface area (Å²) in [5, 5.41) is 13.5. The van der Waals surface area contributed by atoms with Crippen LogP contribution >= 0.6 is 0 Å². The molecular formula is C32H28N2O4. The number of nitrogens with one attached hydrogen (secondary N) is 1. The van der Waals surface area contributed by atoms with Crippen LogP contribution in [0.3, 0.4) is 0 Å². The fourth-order valence-corrected chi connectivity index (χ4v) is 5.53. The number of Topliss-reactive ketones (excluding diaryl/α,β-unsaturated/α-hetero) is 1. The summed E-state index contributed by atoms with van der Waals surface area (Å²) < 4.78 is 0. The maximum atomic E-state index is 14.2. The minimum absolute atomic E-state index is 0.202. The van der Waals surface area contributed by atoms with E-state index in [0.29, 0.717) is 22.4 Å². The van der Waals surface area contributed by atoms with Gasteiger partial charge in [0.05, 0.1) is 12.0 Å². The Balaban J connectivity index is 1.72. The number of nitrogens with zero attached hydrogens (tertiary/aromatic N) is 1. The van der Waals surface area contributed by atoms with Crippen LogP contribution in [0.4, 0.5) is 10.5 Å². The van der Waals surface area contributed by atoms with E-state index in [2.05, 4.69) is 5.32 Å². The lowest BCUT2D eigenvalue weighted by molar-refractivity contribution is -0.142. The van der Waals surface area contributed by atoms with E-state index in [1.54, 1.807) is 48.5 Å². The largest absolute Gasteiger partial charge is 0.480 e. The molecule has 38 heavy (non-hydrogen) atoms. The normalized spacial score (nSPS) is 20.6. The number of amides is 2. The van der Waals surface area contributed by atoms with Crippen molar-refractivity contribution in [3.8, 4) is 0 Å². The molecule has 0 aliphatic carbocycles. The third kappa shape index (κ3) is 4.81. The molecule has 0 radical (unpaired) electrons. The summed E-state index contributed by atoms with van der Waals surface area (Å²) in [5.74, 6) is -2.96. The second kappa shape index (κ2) is 10.7. The van der Waals surface area contributed by atoms with Crippen molar-refractivity contribution in [3.63, 3.8) is 0 Å². The number of ketones is 1. The van der Waals surface area contributed by atoms with Crippen LogP contribution < -0.4 is 5.32 Å². The van der Waals surface area contributed by atoms with Gasteiger partial charge in [-0.2, -0.15) is 0 Å². The third-order valence-electron chi connectivity index (χ3n) is 7.11. The van der Waals surface area contributed by atoms with Crippen molar-refractivity contribution in [2.45, 2.75) is 24.9 Å². The summed E-state index contributed by atoms with van der Waals surface area (Å²) in [5.41, 5.74) is 3.38. The number of aryl methyl sites for hydroxylation is 1. The Bertz CT molecular complexity index is 1440. The fourth-order valence-electron chi connectivity index (χ4n) is 5.53. The van der Waals surface area contributed by atoms with Crippen molar-refractivity contribution in [3.05, 3.63) is 138 Å². The zero-order valence-corrected chi connectivity index (χ0v) is 20.9. The Kier molecular flexibility index (Phi) is 7.05. The minimum Gasteiger partial charge on any atom is -0.480 e. The number of aliphatic carboxylic acids is 1. The van der Waals surface area contributed by atoms with Gasteiger partial charge in [0.15, 0.2) is 5.78 Å². The van der Waals surface area contributed by atoms with E-state index < -0.39 is 35.9 Å². The smallest absolute Gasteiger partial charge is 0.327 e. The number of carbonyl (C=O) groups excluding carboxylic acids is 2. The number of carboxylic acid groups (broad SMARTS) is 1. The van der Waals surface area contributed by atoms with E-state index in [1.807, 2.05) is 73.7 Å². The standard InChI is InChI=1S/C32H28N2O4/c1-21-12-11-17-24(20-21)28-27(30(35)23-15-7-3-8-16-23)26(22-13-5-2-6-14-22)29(31(36)37)34(28)32(38)33-25-18-9-4-10-19-25/h2-20,26-29H,1H3,(H,33,38)(H,36,37). The zero-order chi connectivity index (χ0) is 26.6. The predicted molar refractivity (Wildman–Crippen MR) is 146 cm³/mol. The van der Waals surface area contributed by atoms with Gasteiger partial charge in [0, 0.05) is 17.2 Å². The summed E-state index contributed by atoms with van der Waals surface area (Å²) in [6, 6.07) is 31.9. The van der Waals surface area contributed by atoms with E-state index in [4.69, 9.17) is 0 Å². The molecule has 6 heteroatoms. The molecule has 4 aromatic carbocycles. The minimum atomic E-state index is -1.27. The molecule has 4 unspecified atom stereocenters. The monoisotopic (exact) mass is 504 g/mol. The predicted octanol–water partition coefficient (Wildman–Crippen LogP) is 6.32. The molecule has 0 bridgehead atoms. The first kappa shape index (κ1) is 25.0. The highest BCUT2D eigenvalue weighted by Gasteiger charge is 2.57. The van der Waals surface area contributed by atoms with Crippen molar-refractivity contribution >= 4 is 23.5 Å². The SMILES string of the molecule is Cc1cccc(C2C(C(=O)c3ccccc3)C(c3ccccc3)C(C(=O)O)N2C(=O)Nc2ccccc2)c1. The van der Waals surface area contributed by atoms with Gasteiger partial charge in [-0.05, 0) is 30.2 Å². The van der Waals surface area contributed by atoms with Gasteiger partial charge in [0.1, 0.15) is 6.04 Å². The van der Waals surface area contributed by atoms with Gasteiger partial charge in [-0.25, -0.2) is 9.59 Å². The van der Waals surface area contributed by atoms with Crippen LogP contribution in [-0.2, 0) is 4.79 Å². The lowest BCUT2D eigenvalue weighted by Crippen LogP contribution is -2.45. The second-order valence-corrected chi connectivity index (χ2v) is 9.54. The number of likely N-dealkylation sites (tertiary alicyclic amines) is 1. The van der Waals surface area contributed by atoms with Crippen molar-refractivity contribution in [1.82, 2.24) is 4.90 Å². The maximum absolute atomic E-state index is 14.2. The molecule has 2 N–H and O–H groups in total. The van der Waals surface area contributed by atoms with E-state index in [-0.39, 0.29) is 5.78 Å². The molecule has 4 aromatic rings. The third-order valence-corrected chi connectivity index (χ3v) is 7.11. The molecule has 4 atom stereocenters. The lowest BCUT2D eigenvalue weighted by atomic mass is 9.76. The molecule has 6 nitrogen and oxygen atoms in total. The number of anilines is 1. The second-order valence-electron chi connectivity index (χ2n) is 9.54. The van der Waals surface area contributed by atoms with Crippen molar-refractivity contribution in [2.24, 2.45) is 5.92 Å². The summed E-state index contributed by atoms with van der Waals surface area (Å²) in [6.45, 7) is 1.93. The average molecular weight is 505 g/mol. The number of benzene rings is 4. The van der Waals surface area contributed by atoms with Gasteiger partial charge >= 0.3 is 12.0 Å². The number of urea groups is 1. The van der Waals surface area contributed by atoms with E-state index in [1.165, 1.54) is 4.90 Å². The van der Waals surface area contributed by atoms with Gasteiger partial charge in [-0.15, -0.1) is 0 Å². The summed E-state index contributed by atoms with van der Waals surface area (Å²) >= 11 is 0. The average Bonchev–Trinajstić information content (AvgIpc) is 3.31. The number of carbonyl (C=O) groups is 3. The number of para-hydroxylation sites is 1. The first-order valence-corrected chi connectivity index (χ1v) is 12.5. The Morgan fingerprint density at radius 1 is 0.737 bits per heavy atom. The molecule has 1 heterocycles. The highest BCUT2D eigenvalue weighted by atomic mass is 16.4. The highest BCUT2D eigenvalue weighted by molar-refractivity contribution is 6.02. The Labute approximate surface area is 221 Å². The Morgan fingerprint density at radius 3 is 1.92 bits per heavy atom. The number of hydrogen-bond donors (Lipinski definition) is 2. The molecule has 1 fully saturated rings. The molecule has 0 aromatic heterocycles. The molecule has 0 spiro atoms. The molecule has 1 aliphatic rings. The zero-order valence-electron chi connectivity index (χ0n) is 20.9. The Hall–Kier alpha value is -4.71. The van der Waals surface area contributed by atoms with Gasteiger partial charge in [-0.1, -0.05) is 109 Å². The van der Waals surface area contributed by atoms with Crippen LogP contribution in [0.2, 0.25) is 0 Å². The fraction of sp³-hybridized carbons (Fsp3) is 0.156. The molecule has 190 valence electrons. The number of hydrogen-bond acceptors (Lipinski definition) is 3. The number of rotatable bonds is 6. The van der Waals surface area contributed by atoms with E-state index in [9.17, 15) is 19.5 Å². The van der Waals surface area contributed by atoms with E-state index >= 15 is 0 Å². The first-order valence-electron chi connectivity index (χ1n) is 12.5. The lowest BCUT2D eigenvalue weighted by Gasteiger charge is -2.30. The molecule has 1 saturated heterocycles. The van der Waals surface area contributed by atoms with Gasteiger partial charge < -0.3 is 15.3 Å². The van der Waals surface area contributed by atoms with Gasteiger partial charge in [0.2, 0.25) is 0 Å². The van der Waals surface area contributed by atoms with Crippen LogP contribution in [0.25, 0.3) is 0 Å². The number of carboxylic acids is 1. The van der Waals surface area contributed by atoms with Crippen LogP contribution in [0, 0.1) is 12.8 Å². The molecule has 0 saturated carbocycles. The van der Waals surface area contributed by atoms with Gasteiger partial charge in [-0.3, -0.25) is 4.79 Å². The van der Waals surface area contributed by atoms with Crippen LogP contribution in [0.15, 0.2) is 115 Å². The van der Waals surface area contributed by atoms with Crippen LogP contribution in [0.5, 0.6) is 0 Å². The van der Waals surface area contributed by atoms with Crippen molar-refractivity contribution in [1.29, 1.82) is 0 Å². The van der Waals surface area contributed by atoms with Crippen LogP contribution in [0.1, 0.15) is 39.0 Å². The quantitative estimate of drug-likeness (QED) is 0.301. The maximum Gasteiger partial charge on any atom is 0.327 e. The van der Waals surface area contributed by atoms with Crippen molar-refractivity contribution < 1.29 is 19.5 Å². The molecule has 1 aliphatic heterocycles. The topological polar surface area (TPSA) is 86.7 Å².